The number of rotatable bonds is 9. The summed E-state index contributed by atoms with van der Waals surface area (Å²) in [6, 6.07) is 14.0. The highest BCUT2D eigenvalue weighted by Crippen LogP contribution is 2.47. The van der Waals surface area contributed by atoms with E-state index in [0.717, 1.165) is 5.56 Å². The van der Waals surface area contributed by atoms with E-state index >= 15 is 0 Å². The number of aliphatic imine (C=N–C) groups is 1. The van der Waals surface area contributed by atoms with Gasteiger partial charge in [-0.15, -0.1) is 0 Å². The molecule has 0 atom stereocenters. The van der Waals surface area contributed by atoms with Crippen LogP contribution in [0.2, 0.25) is 0 Å². The number of carbonyl (C=O) groups is 2. The summed E-state index contributed by atoms with van der Waals surface area (Å²) in [7, 11) is 1.83. The average molecular weight is 539 g/mol. The zero-order valence-electron chi connectivity index (χ0n) is 22.0. The van der Waals surface area contributed by atoms with Gasteiger partial charge >= 0.3 is 0 Å². The molecule has 2 aromatic heterocycles. The van der Waals surface area contributed by atoms with Crippen LogP contribution in [-0.2, 0) is 16.6 Å². The summed E-state index contributed by atoms with van der Waals surface area (Å²) in [6.45, 7) is 5.72. The Bertz CT molecular complexity index is 1610. The van der Waals surface area contributed by atoms with Crippen LogP contribution in [-0.4, -0.2) is 32.3 Å². The molecule has 1 aliphatic rings. The zero-order chi connectivity index (χ0) is 28.3. The first-order valence-corrected chi connectivity index (χ1v) is 12.6. The number of carbonyl (C=O) groups excluding carboxylic acids is 2. The van der Waals surface area contributed by atoms with E-state index in [2.05, 4.69) is 27.3 Å². The van der Waals surface area contributed by atoms with Gasteiger partial charge in [-0.1, -0.05) is 6.58 Å². The molecule has 4 aromatic rings. The Morgan fingerprint density at radius 3 is 2.23 bits per heavy atom. The lowest BCUT2D eigenvalue weighted by molar-refractivity contribution is -0.131. The molecule has 1 aliphatic carbocycles. The monoisotopic (exact) mass is 538 g/mol. The molecule has 0 aliphatic heterocycles. The molecule has 2 aromatic carbocycles. The van der Waals surface area contributed by atoms with E-state index in [-0.39, 0.29) is 0 Å². The normalized spacial score (nSPS) is 13.8. The largest absolute Gasteiger partial charge is 0.455 e. The van der Waals surface area contributed by atoms with Crippen molar-refractivity contribution < 1.29 is 18.7 Å². The van der Waals surface area contributed by atoms with Crippen LogP contribution < -0.4 is 15.4 Å². The number of hydrogen-bond acceptors (Lipinski definition) is 6. The Morgan fingerprint density at radius 1 is 1.05 bits per heavy atom. The fourth-order valence-electron chi connectivity index (χ4n) is 4.11. The van der Waals surface area contributed by atoms with Gasteiger partial charge in [0.2, 0.25) is 11.8 Å². The molecule has 10 heteroatoms. The third-order valence-electron chi connectivity index (χ3n) is 6.56. The first-order chi connectivity index (χ1) is 19.3. The molecule has 5 rings (SSSR count). The molecule has 40 heavy (non-hydrogen) atoms. The topological polar surface area (TPSA) is 110 Å². The number of hydrogen-bond donors (Lipinski definition) is 2. The van der Waals surface area contributed by atoms with Crippen molar-refractivity contribution in [1.29, 1.82) is 0 Å². The zero-order valence-corrected chi connectivity index (χ0v) is 22.0. The summed E-state index contributed by atoms with van der Waals surface area (Å²) >= 11 is 0. The third kappa shape index (κ3) is 5.65. The highest BCUT2D eigenvalue weighted by atomic mass is 19.1. The van der Waals surface area contributed by atoms with Crippen LogP contribution in [0.3, 0.4) is 0 Å². The fraction of sp³-hybridized carbons (Fsp3) is 0.167. The number of nitrogens with one attached hydrogen (secondary N) is 2. The minimum absolute atomic E-state index is 0.394. The van der Waals surface area contributed by atoms with Crippen molar-refractivity contribution in [2.75, 3.05) is 10.6 Å². The van der Waals surface area contributed by atoms with E-state index in [1.165, 1.54) is 24.3 Å². The van der Waals surface area contributed by atoms with Crippen LogP contribution >= 0.6 is 0 Å². The second kappa shape index (κ2) is 10.9. The second-order valence-corrected chi connectivity index (χ2v) is 9.47. The Kier molecular flexibility index (Phi) is 7.24. The van der Waals surface area contributed by atoms with E-state index in [9.17, 15) is 14.0 Å². The van der Waals surface area contributed by atoms with Gasteiger partial charge in [-0.25, -0.2) is 9.38 Å². The maximum Gasteiger partial charge on any atom is 0.240 e. The molecule has 1 fully saturated rings. The van der Waals surface area contributed by atoms with Gasteiger partial charge in [0.1, 0.15) is 22.7 Å². The molecule has 0 unspecified atom stereocenters. The molecule has 202 valence electrons. The Labute approximate surface area is 230 Å². The van der Waals surface area contributed by atoms with Crippen LogP contribution in [0, 0.1) is 18.2 Å². The van der Waals surface area contributed by atoms with E-state index in [1.807, 2.05) is 20.2 Å². The van der Waals surface area contributed by atoms with Crippen LogP contribution in [0.15, 0.2) is 90.8 Å². The lowest BCUT2D eigenvalue weighted by atomic mass is 10.0. The molecule has 2 heterocycles. The highest BCUT2D eigenvalue weighted by molar-refractivity contribution is 6.17. The summed E-state index contributed by atoms with van der Waals surface area (Å²) in [5.74, 6) is -0.186. The predicted octanol–water partition coefficient (Wildman–Crippen LogP) is 5.72. The molecule has 9 nitrogen and oxygen atoms in total. The fourth-order valence-corrected chi connectivity index (χ4v) is 4.11. The van der Waals surface area contributed by atoms with Gasteiger partial charge < -0.3 is 15.4 Å². The Morgan fingerprint density at radius 2 is 1.68 bits per heavy atom. The average Bonchev–Trinajstić information content (AvgIpc) is 3.66. The molecule has 1 saturated carbocycles. The predicted molar refractivity (Wildman–Crippen MR) is 150 cm³/mol. The van der Waals surface area contributed by atoms with Crippen molar-refractivity contribution in [2.45, 2.75) is 19.8 Å². The summed E-state index contributed by atoms with van der Waals surface area (Å²) in [5.41, 5.74) is 2.48. The first-order valence-electron chi connectivity index (χ1n) is 12.6. The van der Waals surface area contributed by atoms with E-state index < -0.39 is 23.0 Å². The molecule has 0 radical (unpaired) electrons. The standard InChI is InChI=1S/C30H27FN6O3/c1-4-25(20-17-33-37(3)18-20)36-27-19(2)32-16-13-26(27)40-24-11-9-23(10-12-24)35-29(39)30(14-15-30)28(38)34-22-7-5-21(31)6-8-22/h4-13,16-18H,1,14-15H2,2-3H3,(H,34,38)(H,35,39). The van der Waals surface area contributed by atoms with Gasteiger partial charge in [0.05, 0.1) is 17.6 Å². The van der Waals surface area contributed by atoms with E-state index in [1.54, 1.807) is 53.5 Å². The van der Waals surface area contributed by atoms with Crippen LogP contribution in [0.1, 0.15) is 24.1 Å². The van der Waals surface area contributed by atoms with Crippen molar-refractivity contribution in [1.82, 2.24) is 14.8 Å². The lowest BCUT2D eigenvalue weighted by Crippen LogP contribution is -2.35. The van der Waals surface area contributed by atoms with Crippen LogP contribution in [0.5, 0.6) is 11.5 Å². The number of allylic oxidation sites excluding steroid dienone is 1. The van der Waals surface area contributed by atoms with Crippen molar-refractivity contribution in [3.63, 3.8) is 0 Å². The summed E-state index contributed by atoms with van der Waals surface area (Å²) in [5, 5.41) is 9.72. The first kappa shape index (κ1) is 26.5. The number of amides is 2. The minimum Gasteiger partial charge on any atom is -0.455 e. The van der Waals surface area contributed by atoms with Gasteiger partial charge in [-0.05, 0) is 74.4 Å². The SMILES string of the molecule is C=CC(=Nc1c(Oc2ccc(NC(=O)C3(C(=O)Nc4ccc(F)cc4)CC3)cc2)ccnc1C)c1cnn(C)c1. The quantitative estimate of drug-likeness (QED) is 0.209. The second-order valence-electron chi connectivity index (χ2n) is 9.47. The van der Waals surface area contributed by atoms with E-state index in [0.29, 0.717) is 52.8 Å². The molecule has 0 bridgehead atoms. The maximum absolute atomic E-state index is 13.2. The van der Waals surface area contributed by atoms with Crippen molar-refractivity contribution in [2.24, 2.45) is 17.5 Å². The number of halogens is 1. The summed E-state index contributed by atoms with van der Waals surface area (Å²) in [4.78, 5) is 34.9. The van der Waals surface area contributed by atoms with Gasteiger partial charge in [0.25, 0.3) is 0 Å². The van der Waals surface area contributed by atoms with Crippen molar-refractivity contribution in [3.05, 3.63) is 103 Å². The van der Waals surface area contributed by atoms with Gasteiger partial charge in [-0.2, -0.15) is 5.10 Å². The number of ether oxygens (including phenoxy) is 1. The van der Waals surface area contributed by atoms with Crippen molar-refractivity contribution >= 4 is 34.6 Å². The summed E-state index contributed by atoms with van der Waals surface area (Å²) < 4.78 is 21.0. The molecular formula is C30H27FN6O3. The Hall–Kier alpha value is -5.12. The van der Waals surface area contributed by atoms with Gasteiger partial charge in [0, 0.05) is 42.4 Å². The molecule has 2 amide bonds. The number of benzene rings is 2. The molecule has 0 saturated heterocycles. The Balaban J connectivity index is 1.28. The highest BCUT2D eigenvalue weighted by Gasteiger charge is 2.56. The molecule has 0 spiro atoms. The smallest absolute Gasteiger partial charge is 0.240 e. The number of aryl methyl sites for hydroxylation is 2. The lowest BCUT2D eigenvalue weighted by Gasteiger charge is -2.16. The number of anilines is 2. The van der Waals surface area contributed by atoms with Crippen LogP contribution in [0.4, 0.5) is 21.5 Å². The van der Waals surface area contributed by atoms with E-state index in [4.69, 9.17) is 9.73 Å². The molecule has 2 N–H and O–H groups in total. The minimum atomic E-state index is -1.15. The van der Waals surface area contributed by atoms with Crippen molar-refractivity contribution in [3.8, 4) is 11.5 Å². The number of pyridine rings is 1. The third-order valence-corrected chi connectivity index (χ3v) is 6.56. The summed E-state index contributed by atoms with van der Waals surface area (Å²) in [6.07, 6.45) is 7.71. The molecular weight excluding hydrogens is 511 g/mol. The van der Waals surface area contributed by atoms with Crippen LogP contribution in [0.25, 0.3) is 0 Å². The number of nitrogens with zero attached hydrogens (tertiary/aromatic N) is 4. The van der Waals surface area contributed by atoms with Gasteiger partial charge in [-0.3, -0.25) is 19.3 Å². The maximum atomic E-state index is 13.2. The number of aromatic nitrogens is 3. The van der Waals surface area contributed by atoms with Gasteiger partial charge in [0.15, 0.2) is 5.75 Å².